The molecule has 1 aromatic carbocycles. The Morgan fingerprint density at radius 1 is 1.57 bits per heavy atom. The summed E-state index contributed by atoms with van der Waals surface area (Å²) in [5.74, 6) is -1.24. The quantitative estimate of drug-likeness (QED) is 0.878. The van der Waals surface area contributed by atoms with Gasteiger partial charge in [-0.25, -0.2) is 4.39 Å². The highest BCUT2D eigenvalue weighted by Gasteiger charge is 2.34. The average Bonchev–Trinajstić information content (AvgIpc) is 2.74. The summed E-state index contributed by atoms with van der Waals surface area (Å²) in [6.07, 6.45) is 0.460. The molecule has 2 rings (SSSR count). The van der Waals surface area contributed by atoms with Crippen LogP contribution < -0.4 is 16.0 Å². The molecule has 1 aliphatic rings. The van der Waals surface area contributed by atoms with Gasteiger partial charge in [-0.3, -0.25) is 9.59 Å². The Bertz CT molecular complexity index is 554. The van der Waals surface area contributed by atoms with Crippen LogP contribution in [0.15, 0.2) is 18.2 Å². The summed E-state index contributed by atoms with van der Waals surface area (Å²) < 4.78 is 13.4. The van der Waals surface area contributed by atoms with Crippen molar-refractivity contribution in [2.45, 2.75) is 25.4 Å². The predicted octanol–water partition coefficient (Wildman–Crippen LogP) is 1.47. The van der Waals surface area contributed by atoms with E-state index in [-0.39, 0.29) is 29.2 Å². The molecule has 0 aromatic heterocycles. The average molecular weight is 336 g/mol. The van der Waals surface area contributed by atoms with E-state index in [9.17, 15) is 14.0 Å². The molecule has 2 atom stereocenters. The van der Waals surface area contributed by atoms with Crippen LogP contribution >= 0.6 is 24.0 Å². The molecule has 1 heterocycles. The Labute approximate surface area is 133 Å². The number of rotatable bonds is 3. The maximum atomic E-state index is 13.4. The number of hydrogen-bond acceptors (Lipinski definition) is 3. The molecular formula is C13H16Cl2FN3O2. The Morgan fingerprint density at radius 3 is 2.81 bits per heavy atom. The number of carbonyl (C=O) groups excluding carboxylic acids is 2. The minimum absolute atomic E-state index is 0. The molecule has 2 unspecified atom stereocenters. The van der Waals surface area contributed by atoms with Crippen LogP contribution in [0.1, 0.15) is 13.3 Å². The van der Waals surface area contributed by atoms with Crippen LogP contribution in [0.5, 0.6) is 0 Å². The zero-order chi connectivity index (χ0) is 14.9. The topological polar surface area (TPSA) is 75.4 Å². The molecule has 3 N–H and O–H groups in total. The highest BCUT2D eigenvalue weighted by Crippen LogP contribution is 2.25. The van der Waals surface area contributed by atoms with Gasteiger partial charge in [0.2, 0.25) is 11.8 Å². The maximum Gasteiger partial charge on any atom is 0.249 e. The Balaban J connectivity index is 0.00000220. The Morgan fingerprint density at radius 2 is 2.24 bits per heavy atom. The van der Waals surface area contributed by atoms with Crippen LogP contribution in [-0.4, -0.2) is 30.4 Å². The monoisotopic (exact) mass is 335 g/mol. The molecule has 2 amide bonds. The van der Waals surface area contributed by atoms with Gasteiger partial charge in [-0.2, -0.15) is 0 Å². The van der Waals surface area contributed by atoms with Gasteiger partial charge in [0.1, 0.15) is 11.9 Å². The van der Waals surface area contributed by atoms with Gasteiger partial charge >= 0.3 is 0 Å². The summed E-state index contributed by atoms with van der Waals surface area (Å²) in [5.41, 5.74) is 5.87. The van der Waals surface area contributed by atoms with Crippen LogP contribution in [0, 0.1) is 5.82 Å². The summed E-state index contributed by atoms with van der Waals surface area (Å²) in [6.45, 7) is 1.95. The number of anilines is 1. The second-order valence-electron chi connectivity index (χ2n) is 4.73. The molecule has 1 aliphatic heterocycles. The van der Waals surface area contributed by atoms with Gasteiger partial charge in [-0.1, -0.05) is 11.6 Å². The number of halogens is 3. The number of nitrogens with zero attached hydrogens (tertiary/aromatic N) is 1. The van der Waals surface area contributed by atoms with Crippen LogP contribution in [0.25, 0.3) is 0 Å². The van der Waals surface area contributed by atoms with E-state index in [1.165, 1.54) is 17.0 Å². The van der Waals surface area contributed by atoms with Crippen molar-refractivity contribution in [2.24, 2.45) is 5.73 Å². The Hall–Kier alpha value is -1.37. The number of benzene rings is 1. The largest absolute Gasteiger partial charge is 0.343 e. The first-order valence-electron chi connectivity index (χ1n) is 6.22. The number of nitrogens with two attached hydrogens (primary N) is 1. The van der Waals surface area contributed by atoms with Gasteiger partial charge in [-0.05, 0) is 31.5 Å². The van der Waals surface area contributed by atoms with Crippen molar-refractivity contribution in [3.05, 3.63) is 29.0 Å². The second-order valence-corrected chi connectivity index (χ2v) is 5.13. The molecule has 116 valence electrons. The molecule has 0 bridgehead atoms. The molecule has 1 saturated heterocycles. The fraction of sp³-hybridized carbons (Fsp3) is 0.385. The number of amides is 2. The zero-order valence-corrected chi connectivity index (χ0v) is 12.9. The lowest BCUT2D eigenvalue weighted by atomic mass is 10.2. The van der Waals surface area contributed by atoms with E-state index in [1.807, 2.05) is 0 Å². The third-order valence-electron chi connectivity index (χ3n) is 3.15. The molecule has 5 nitrogen and oxygen atoms in total. The van der Waals surface area contributed by atoms with E-state index in [1.54, 1.807) is 13.0 Å². The Kier molecular flexibility index (Phi) is 5.95. The van der Waals surface area contributed by atoms with E-state index in [0.717, 1.165) is 0 Å². The highest BCUT2D eigenvalue weighted by atomic mass is 35.5. The second kappa shape index (κ2) is 7.06. The van der Waals surface area contributed by atoms with E-state index in [0.29, 0.717) is 18.7 Å². The van der Waals surface area contributed by atoms with Gasteiger partial charge < -0.3 is 16.0 Å². The van der Waals surface area contributed by atoms with E-state index >= 15 is 0 Å². The first-order valence-corrected chi connectivity index (χ1v) is 6.60. The van der Waals surface area contributed by atoms with Crippen LogP contribution in [0.2, 0.25) is 5.02 Å². The highest BCUT2D eigenvalue weighted by molar-refractivity contribution is 6.30. The van der Waals surface area contributed by atoms with Crippen molar-refractivity contribution < 1.29 is 14.0 Å². The lowest BCUT2D eigenvalue weighted by Crippen LogP contribution is -2.47. The third kappa shape index (κ3) is 3.84. The van der Waals surface area contributed by atoms with Gasteiger partial charge in [0, 0.05) is 12.2 Å². The molecular weight excluding hydrogens is 320 g/mol. The summed E-state index contributed by atoms with van der Waals surface area (Å²) >= 11 is 5.61. The van der Waals surface area contributed by atoms with E-state index in [2.05, 4.69) is 5.32 Å². The van der Waals surface area contributed by atoms with Gasteiger partial charge in [0.15, 0.2) is 0 Å². The van der Waals surface area contributed by atoms with Gasteiger partial charge in [0.25, 0.3) is 0 Å². The minimum atomic E-state index is -0.676. The van der Waals surface area contributed by atoms with E-state index < -0.39 is 17.9 Å². The van der Waals surface area contributed by atoms with Crippen molar-refractivity contribution in [3.63, 3.8) is 0 Å². The smallest absolute Gasteiger partial charge is 0.249 e. The predicted molar refractivity (Wildman–Crippen MR) is 81.2 cm³/mol. The zero-order valence-electron chi connectivity index (χ0n) is 11.3. The molecule has 0 radical (unpaired) electrons. The molecule has 8 heteroatoms. The SMILES string of the molecule is CC(N)C(=O)NC1CCN(c2ccc(Cl)c(F)c2)C1=O.Cl. The normalized spacial score (nSPS) is 19.1. The standard InChI is InChI=1S/C13H15ClFN3O2.ClH/c1-7(16)12(19)17-11-4-5-18(13(11)20)8-2-3-9(14)10(15)6-8;/h2-3,6-7,11H,4-5,16H2,1H3,(H,17,19);1H. The molecule has 21 heavy (non-hydrogen) atoms. The number of nitrogens with one attached hydrogen (secondary N) is 1. The van der Waals surface area contributed by atoms with Crippen molar-refractivity contribution in [1.82, 2.24) is 5.32 Å². The molecule has 1 fully saturated rings. The first kappa shape index (κ1) is 17.7. The number of hydrogen-bond donors (Lipinski definition) is 2. The van der Waals surface area contributed by atoms with Crippen molar-refractivity contribution >= 4 is 41.5 Å². The lowest BCUT2D eigenvalue weighted by molar-refractivity contribution is -0.127. The molecule has 1 aromatic rings. The summed E-state index contributed by atoms with van der Waals surface area (Å²) in [6, 6.07) is 2.87. The van der Waals surface area contributed by atoms with Crippen LogP contribution in [0.4, 0.5) is 10.1 Å². The maximum absolute atomic E-state index is 13.4. The first-order chi connectivity index (χ1) is 9.40. The van der Waals surface area contributed by atoms with Crippen molar-refractivity contribution in [3.8, 4) is 0 Å². The summed E-state index contributed by atoms with van der Waals surface area (Å²) in [4.78, 5) is 25.1. The molecule has 0 spiro atoms. The number of carbonyl (C=O) groups is 2. The summed E-state index contributed by atoms with van der Waals surface area (Å²) in [7, 11) is 0. The van der Waals surface area contributed by atoms with Gasteiger partial charge in [-0.15, -0.1) is 12.4 Å². The molecule has 0 saturated carbocycles. The van der Waals surface area contributed by atoms with Crippen LogP contribution in [0.3, 0.4) is 0 Å². The fourth-order valence-electron chi connectivity index (χ4n) is 2.03. The minimum Gasteiger partial charge on any atom is -0.343 e. The third-order valence-corrected chi connectivity index (χ3v) is 3.46. The lowest BCUT2D eigenvalue weighted by Gasteiger charge is -2.18. The van der Waals surface area contributed by atoms with E-state index in [4.69, 9.17) is 17.3 Å². The van der Waals surface area contributed by atoms with Crippen molar-refractivity contribution in [1.29, 1.82) is 0 Å². The summed E-state index contributed by atoms with van der Waals surface area (Å²) in [5, 5.41) is 2.58. The van der Waals surface area contributed by atoms with Crippen LogP contribution in [-0.2, 0) is 9.59 Å². The van der Waals surface area contributed by atoms with Crippen molar-refractivity contribution in [2.75, 3.05) is 11.4 Å². The van der Waals surface area contributed by atoms with Gasteiger partial charge in [0.05, 0.1) is 11.1 Å². The molecule has 0 aliphatic carbocycles. The fourth-order valence-corrected chi connectivity index (χ4v) is 2.14.